The fraction of sp³-hybridized carbons (Fsp3) is 0.533. The molecule has 0 spiro atoms. The Morgan fingerprint density at radius 2 is 1.83 bits per heavy atom. The van der Waals surface area contributed by atoms with Crippen molar-refractivity contribution in [3.05, 3.63) is 35.6 Å². The van der Waals surface area contributed by atoms with E-state index >= 15 is 0 Å². The number of piperidine rings is 1. The minimum atomic E-state index is -0.233. The van der Waals surface area contributed by atoms with Crippen molar-refractivity contribution in [3.8, 4) is 6.07 Å². The fourth-order valence-corrected chi connectivity index (χ4v) is 3.70. The molecule has 1 aromatic carbocycles. The van der Waals surface area contributed by atoms with Crippen molar-refractivity contribution < 1.29 is 4.39 Å². The van der Waals surface area contributed by atoms with E-state index in [0.29, 0.717) is 11.8 Å². The summed E-state index contributed by atoms with van der Waals surface area (Å²) < 4.78 is 12.9. The lowest BCUT2D eigenvalue weighted by Gasteiger charge is -2.38. The topological polar surface area (TPSA) is 35.8 Å². The Morgan fingerprint density at radius 1 is 1.22 bits per heavy atom. The van der Waals surface area contributed by atoms with Gasteiger partial charge in [-0.1, -0.05) is 12.1 Å². The lowest BCUT2D eigenvalue weighted by atomic mass is 9.67. The highest BCUT2D eigenvalue weighted by Crippen LogP contribution is 2.51. The molecule has 0 amide bonds. The second kappa shape index (κ2) is 4.37. The molecule has 2 bridgehead atoms. The van der Waals surface area contributed by atoms with E-state index < -0.39 is 0 Å². The number of nitrogens with zero attached hydrogens (tertiary/aromatic N) is 1. The van der Waals surface area contributed by atoms with E-state index in [4.69, 9.17) is 0 Å². The van der Waals surface area contributed by atoms with Crippen LogP contribution in [0.1, 0.15) is 18.4 Å². The van der Waals surface area contributed by atoms with E-state index in [2.05, 4.69) is 11.4 Å². The Labute approximate surface area is 107 Å². The van der Waals surface area contributed by atoms with Gasteiger partial charge in [-0.05, 0) is 61.9 Å². The summed E-state index contributed by atoms with van der Waals surface area (Å²) >= 11 is 0. The van der Waals surface area contributed by atoms with Gasteiger partial charge in [0.2, 0.25) is 0 Å². The molecule has 94 valence electrons. The van der Waals surface area contributed by atoms with Gasteiger partial charge in [0.25, 0.3) is 0 Å². The average molecular weight is 244 g/mol. The van der Waals surface area contributed by atoms with Crippen LogP contribution in [0.5, 0.6) is 0 Å². The molecule has 3 heteroatoms. The molecule has 1 aliphatic heterocycles. The number of benzene rings is 1. The van der Waals surface area contributed by atoms with Gasteiger partial charge < -0.3 is 5.32 Å². The number of nitrogens with one attached hydrogen (secondary N) is 1. The summed E-state index contributed by atoms with van der Waals surface area (Å²) in [7, 11) is 0. The summed E-state index contributed by atoms with van der Waals surface area (Å²) in [5.41, 5.74) is 0.847. The highest BCUT2D eigenvalue weighted by Gasteiger charge is 2.52. The number of halogens is 1. The summed E-state index contributed by atoms with van der Waals surface area (Å²) in [4.78, 5) is 0. The van der Waals surface area contributed by atoms with Crippen LogP contribution in [-0.2, 0) is 6.42 Å². The van der Waals surface area contributed by atoms with Crippen LogP contribution in [0, 0.1) is 34.4 Å². The maximum absolute atomic E-state index is 12.9. The average Bonchev–Trinajstić information content (AvgIpc) is 2.58. The summed E-state index contributed by atoms with van der Waals surface area (Å²) in [5.74, 6) is 0.690. The zero-order valence-corrected chi connectivity index (χ0v) is 10.3. The third kappa shape index (κ3) is 1.72. The smallest absolute Gasteiger partial charge is 0.123 e. The normalized spacial score (nSPS) is 34.2. The highest BCUT2D eigenvalue weighted by atomic mass is 19.1. The fourth-order valence-electron chi connectivity index (χ4n) is 3.70. The quantitative estimate of drug-likeness (QED) is 0.867. The van der Waals surface area contributed by atoms with Crippen LogP contribution in [0.25, 0.3) is 0 Å². The minimum absolute atomic E-state index is 0.210. The first-order valence-corrected chi connectivity index (χ1v) is 6.61. The van der Waals surface area contributed by atoms with Crippen molar-refractivity contribution >= 4 is 0 Å². The monoisotopic (exact) mass is 244 g/mol. The third-order valence-corrected chi connectivity index (χ3v) is 4.72. The summed E-state index contributed by atoms with van der Waals surface area (Å²) in [6.45, 7) is 1.90. The Morgan fingerprint density at radius 3 is 2.39 bits per heavy atom. The van der Waals surface area contributed by atoms with Crippen LogP contribution in [0.15, 0.2) is 24.3 Å². The highest BCUT2D eigenvalue weighted by molar-refractivity contribution is 5.24. The third-order valence-electron chi connectivity index (χ3n) is 4.72. The molecule has 1 saturated carbocycles. The van der Waals surface area contributed by atoms with Gasteiger partial charge >= 0.3 is 0 Å². The zero-order valence-electron chi connectivity index (χ0n) is 10.3. The maximum Gasteiger partial charge on any atom is 0.123 e. The lowest BCUT2D eigenvalue weighted by molar-refractivity contribution is 0.162. The number of nitriles is 1. The second-order valence-corrected chi connectivity index (χ2v) is 5.58. The van der Waals surface area contributed by atoms with Gasteiger partial charge in [-0.3, -0.25) is 0 Å². The van der Waals surface area contributed by atoms with Gasteiger partial charge in [0.1, 0.15) is 5.82 Å². The second-order valence-electron chi connectivity index (χ2n) is 5.58. The van der Waals surface area contributed by atoms with Crippen molar-refractivity contribution in [1.82, 2.24) is 5.32 Å². The Bertz CT molecular complexity index is 458. The first-order chi connectivity index (χ1) is 8.74. The number of fused-ring (bicyclic) bond motifs is 2. The molecule has 1 N–H and O–H groups in total. The van der Waals surface area contributed by atoms with Crippen LogP contribution in [-0.4, -0.2) is 13.1 Å². The van der Waals surface area contributed by atoms with E-state index in [9.17, 15) is 9.65 Å². The van der Waals surface area contributed by atoms with Gasteiger partial charge in [0.15, 0.2) is 0 Å². The number of hydrogen-bond acceptors (Lipinski definition) is 2. The molecule has 2 unspecified atom stereocenters. The Balaban J connectivity index is 1.89. The minimum Gasteiger partial charge on any atom is -0.316 e. The van der Waals surface area contributed by atoms with Crippen molar-refractivity contribution in [2.75, 3.05) is 13.1 Å². The molecule has 2 aliphatic rings. The molecule has 3 rings (SSSR count). The molecule has 1 heterocycles. The number of hydrogen-bond donors (Lipinski definition) is 1. The van der Waals surface area contributed by atoms with Crippen LogP contribution >= 0.6 is 0 Å². The zero-order chi connectivity index (χ0) is 12.6. The van der Waals surface area contributed by atoms with Crippen LogP contribution in [0.3, 0.4) is 0 Å². The molecule has 18 heavy (non-hydrogen) atoms. The van der Waals surface area contributed by atoms with Crippen molar-refractivity contribution in [2.24, 2.45) is 17.3 Å². The summed E-state index contributed by atoms with van der Waals surface area (Å²) in [6, 6.07) is 9.22. The van der Waals surface area contributed by atoms with Gasteiger partial charge in [0.05, 0.1) is 11.5 Å². The summed E-state index contributed by atoms with van der Waals surface area (Å²) in [5, 5.41) is 13.1. The van der Waals surface area contributed by atoms with Crippen molar-refractivity contribution in [1.29, 1.82) is 5.26 Å². The molecule has 0 radical (unpaired) electrons. The molecule has 0 aromatic heterocycles. The Hall–Kier alpha value is -1.40. The van der Waals surface area contributed by atoms with Crippen LogP contribution in [0.2, 0.25) is 0 Å². The molecule has 2 nitrogen and oxygen atoms in total. The van der Waals surface area contributed by atoms with Crippen LogP contribution < -0.4 is 5.32 Å². The van der Waals surface area contributed by atoms with Gasteiger partial charge in [-0.15, -0.1) is 0 Å². The molecular weight excluding hydrogens is 227 g/mol. The summed E-state index contributed by atoms with van der Waals surface area (Å²) in [6.07, 6.45) is 3.06. The molecule has 2 fully saturated rings. The van der Waals surface area contributed by atoms with E-state index in [1.807, 2.05) is 12.1 Å². The van der Waals surface area contributed by atoms with Crippen molar-refractivity contribution in [2.45, 2.75) is 19.3 Å². The largest absolute Gasteiger partial charge is 0.316 e. The SMILES string of the molecule is N#CC1(Cc2ccc(F)cc2)C2CCC1CNC2. The lowest BCUT2D eigenvalue weighted by Crippen LogP contribution is -2.47. The van der Waals surface area contributed by atoms with Gasteiger partial charge in [-0.2, -0.15) is 5.26 Å². The molecule has 1 aliphatic carbocycles. The molecular formula is C15H17FN2. The van der Waals surface area contributed by atoms with Gasteiger partial charge in [0, 0.05) is 0 Å². The predicted octanol–water partition coefficient (Wildman–Crippen LogP) is 2.51. The van der Waals surface area contributed by atoms with Crippen LogP contribution in [0.4, 0.5) is 4.39 Å². The predicted molar refractivity (Wildman–Crippen MR) is 67.2 cm³/mol. The van der Waals surface area contributed by atoms with E-state index in [1.54, 1.807) is 0 Å². The molecule has 2 atom stereocenters. The van der Waals surface area contributed by atoms with Crippen molar-refractivity contribution in [3.63, 3.8) is 0 Å². The van der Waals surface area contributed by atoms with E-state index in [0.717, 1.165) is 37.9 Å². The van der Waals surface area contributed by atoms with Gasteiger partial charge in [-0.25, -0.2) is 4.39 Å². The first-order valence-electron chi connectivity index (χ1n) is 6.61. The Kier molecular flexibility index (Phi) is 2.83. The molecule has 1 saturated heterocycles. The number of rotatable bonds is 2. The standard InChI is InChI=1S/C15H17FN2/c16-14-5-1-11(2-6-14)7-15(10-17)12-3-4-13(15)9-18-8-12/h1-2,5-6,12-13,18H,3-4,7-9H2. The first kappa shape index (κ1) is 11.7. The van der Waals surface area contributed by atoms with E-state index in [-0.39, 0.29) is 11.2 Å². The van der Waals surface area contributed by atoms with E-state index in [1.165, 1.54) is 12.1 Å². The maximum atomic E-state index is 12.9. The molecule has 1 aromatic rings.